The number of sulfonamides is 1. The molecule has 0 aliphatic rings. The Kier molecular flexibility index (Phi) is 5.69. The zero-order valence-corrected chi connectivity index (χ0v) is 16.9. The molecule has 1 heterocycles. The lowest BCUT2D eigenvalue weighted by molar-refractivity contribution is 0.521. The zero-order valence-electron chi connectivity index (χ0n) is 15.2. The van der Waals surface area contributed by atoms with Crippen molar-refractivity contribution in [3.05, 3.63) is 65.0 Å². The summed E-state index contributed by atoms with van der Waals surface area (Å²) in [6.45, 7) is 2.04. The minimum absolute atomic E-state index is 0.257. The topological polar surface area (TPSA) is 74.7 Å². The van der Waals surface area contributed by atoms with E-state index in [0.29, 0.717) is 5.13 Å². The predicted octanol–water partition coefficient (Wildman–Crippen LogP) is 3.81. The number of nitrogens with zero attached hydrogens (tertiary/aromatic N) is 3. The number of hydrogen-bond acceptors (Lipinski definition) is 6. The maximum Gasteiger partial charge on any atom is 0.242 e. The van der Waals surface area contributed by atoms with Crippen molar-refractivity contribution in [2.24, 2.45) is 5.10 Å². The first kappa shape index (κ1) is 19.2. The smallest absolute Gasteiger partial charge is 0.242 e. The second-order valence-corrected chi connectivity index (χ2v) is 9.14. The molecular weight excluding hydrogens is 380 g/mol. The summed E-state index contributed by atoms with van der Waals surface area (Å²) >= 11 is 1.43. The van der Waals surface area contributed by atoms with Crippen molar-refractivity contribution >= 4 is 32.7 Å². The number of rotatable bonds is 6. The molecule has 0 aliphatic heterocycles. The molecule has 1 N–H and O–H groups in total. The Hall–Kier alpha value is -2.55. The van der Waals surface area contributed by atoms with Gasteiger partial charge in [0.15, 0.2) is 0 Å². The van der Waals surface area contributed by atoms with Crippen LogP contribution >= 0.6 is 11.3 Å². The number of thiazole rings is 1. The molecule has 0 aliphatic carbocycles. The van der Waals surface area contributed by atoms with E-state index in [0.717, 1.165) is 16.8 Å². The van der Waals surface area contributed by atoms with Gasteiger partial charge in [0.1, 0.15) is 0 Å². The minimum Gasteiger partial charge on any atom is -0.253 e. The van der Waals surface area contributed by atoms with Crippen LogP contribution in [0.5, 0.6) is 0 Å². The highest BCUT2D eigenvalue weighted by Crippen LogP contribution is 2.26. The summed E-state index contributed by atoms with van der Waals surface area (Å²) in [5.74, 6) is 0. The number of nitrogens with one attached hydrogen (secondary N) is 1. The van der Waals surface area contributed by atoms with E-state index in [9.17, 15) is 8.42 Å². The Bertz CT molecular complexity index is 1040. The number of aromatic nitrogens is 1. The molecule has 0 unspecified atom stereocenters. The average Bonchev–Trinajstić information content (AvgIpc) is 3.12. The fourth-order valence-corrected chi connectivity index (χ4v) is 3.85. The number of benzene rings is 2. The molecular formula is C19H20N4O2S2. The van der Waals surface area contributed by atoms with Gasteiger partial charge in [-0.05, 0) is 24.6 Å². The lowest BCUT2D eigenvalue weighted by atomic mass is 10.2. The molecule has 0 saturated heterocycles. The first-order valence-corrected chi connectivity index (χ1v) is 10.5. The van der Waals surface area contributed by atoms with Gasteiger partial charge in [0.2, 0.25) is 15.2 Å². The van der Waals surface area contributed by atoms with E-state index in [1.54, 1.807) is 30.5 Å². The van der Waals surface area contributed by atoms with Crippen molar-refractivity contribution in [1.82, 2.24) is 9.29 Å². The summed E-state index contributed by atoms with van der Waals surface area (Å²) < 4.78 is 25.4. The van der Waals surface area contributed by atoms with E-state index in [-0.39, 0.29) is 4.90 Å². The summed E-state index contributed by atoms with van der Waals surface area (Å²) in [6, 6.07) is 14.7. The van der Waals surface area contributed by atoms with Crippen LogP contribution in [0, 0.1) is 6.92 Å². The van der Waals surface area contributed by atoms with E-state index in [1.807, 2.05) is 36.6 Å². The van der Waals surface area contributed by atoms with Gasteiger partial charge in [0.25, 0.3) is 0 Å². The predicted molar refractivity (Wildman–Crippen MR) is 111 cm³/mol. The molecule has 140 valence electrons. The van der Waals surface area contributed by atoms with E-state index in [4.69, 9.17) is 0 Å². The SMILES string of the molecule is Cc1ccc(/C=N/Nc2nc(-c3ccc(S(=O)(=O)N(C)C)cc3)cs2)cc1. The van der Waals surface area contributed by atoms with E-state index in [1.165, 1.54) is 35.3 Å². The Labute approximate surface area is 163 Å². The van der Waals surface area contributed by atoms with Crippen molar-refractivity contribution in [3.63, 3.8) is 0 Å². The molecule has 0 bridgehead atoms. The quantitative estimate of drug-likeness (QED) is 0.504. The molecule has 8 heteroatoms. The first-order chi connectivity index (χ1) is 12.9. The third-order valence-electron chi connectivity index (χ3n) is 3.88. The highest BCUT2D eigenvalue weighted by atomic mass is 32.2. The number of hydrogen-bond donors (Lipinski definition) is 1. The van der Waals surface area contributed by atoms with Crippen LogP contribution in [-0.4, -0.2) is 38.0 Å². The highest BCUT2D eigenvalue weighted by Gasteiger charge is 2.17. The van der Waals surface area contributed by atoms with Crippen molar-refractivity contribution in [2.45, 2.75) is 11.8 Å². The lowest BCUT2D eigenvalue weighted by Crippen LogP contribution is -2.22. The normalized spacial score (nSPS) is 12.0. The monoisotopic (exact) mass is 400 g/mol. The molecule has 0 amide bonds. The van der Waals surface area contributed by atoms with Crippen LogP contribution in [-0.2, 0) is 10.0 Å². The zero-order chi connectivity index (χ0) is 19.4. The van der Waals surface area contributed by atoms with Gasteiger partial charge in [-0.1, -0.05) is 42.0 Å². The molecule has 0 fully saturated rings. The van der Waals surface area contributed by atoms with Crippen LogP contribution in [0.3, 0.4) is 0 Å². The van der Waals surface area contributed by atoms with Crippen molar-refractivity contribution in [2.75, 3.05) is 19.5 Å². The molecule has 0 radical (unpaired) electrons. The van der Waals surface area contributed by atoms with E-state index >= 15 is 0 Å². The molecule has 0 atom stereocenters. The van der Waals surface area contributed by atoms with E-state index in [2.05, 4.69) is 15.5 Å². The number of anilines is 1. The summed E-state index contributed by atoms with van der Waals surface area (Å²) in [6.07, 6.45) is 1.74. The van der Waals surface area contributed by atoms with E-state index < -0.39 is 10.0 Å². The van der Waals surface area contributed by atoms with Gasteiger partial charge < -0.3 is 0 Å². The van der Waals surface area contributed by atoms with Gasteiger partial charge in [0.05, 0.1) is 16.8 Å². The van der Waals surface area contributed by atoms with Crippen LogP contribution < -0.4 is 5.43 Å². The second-order valence-electron chi connectivity index (χ2n) is 6.13. The molecule has 3 aromatic rings. The Morgan fingerprint density at radius 2 is 1.74 bits per heavy atom. The summed E-state index contributed by atoms with van der Waals surface area (Å²) in [7, 11) is -0.402. The van der Waals surface area contributed by atoms with Crippen molar-refractivity contribution in [1.29, 1.82) is 0 Å². The summed E-state index contributed by atoms with van der Waals surface area (Å²) in [4.78, 5) is 4.74. The maximum absolute atomic E-state index is 12.1. The highest BCUT2D eigenvalue weighted by molar-refractivity contribution is 7.89. The van der Waals surface area contributed by atoms with Gasteiger partial charge in [-0.2, -0.15) is 5.10 Å². The fraction of sp³-hybridized carbons (Fsp3) is 0.158. The van der Waals surface area contributed by atoms with Gasteiger partial charge in [-0.3, -0.25) is 5.43 Å². The molecule has 6 nitrogen and oxygen atoms in total. The van der Waals surface area contributed by atoms with Gasteiger partial charge in [-0.15, -0.1) is 11.3 Å². The average molecular weight is 401 g/mol. The Morgan fingerprint density at radius 1 is 1.07 bits per heavy atom. The third kappa shape index (κ3) is 4.60. The van der Waals surface area contributed by atoms with Crippen LogP contribution in [0.4, 0.5) is 5.13 Å². The van der Waals surface area contributed by atoms with Crippen molar-refractivity contribution < 1.29 is 8.42 Å². The standard InChI is InChI=1S/C19H20N4O2S2/c1-14-4-6-15(7-5-14)12-20-22-19-21-18(13-26-19)16-8-10-17(11-9-16)27(24,25)23(2)3/h4-13H,1-3H3,(H,21,22)/b20-12+. The summed E-state index contributed by atoms with van der Waals surface area (Å²) in [5.41, 5.74) is 6.74. The number of aryl methyl sites for hydroxylation is 1. The molecule has 0 saturated carbocycles. The summed E-state index contributed by atoms with van der Waals surface area (Å²) in [5, 5.41) is 6.77. The second kappa shape index (κ2) is 7.99. The maximum atomic E-state index is 12.1. The minimum atomic E-state index is -3.43. The molecule has 27 heavy (non-hydrogen) atoms. The van der Waals surface area contributed by atoms with Crippen LogP contribution in [0.2, 0.25) is 0 Å². The molecule has 1 aromatic heterocycles. The van der Waals surface area contributed by atoms with Crippen LogP contribution in [0.1, 0.15) is 11.1 Å². The Balaban J connectivity index is 1.69. The first-order valence-electron chi connectivity index (χ1n) is 8.20. The third-order valence-corrected chi connectivity index (χ3v) is 6.46. The number of hydrazone groups is 1. The van der Waals surface area contributed by atoms with Gasteiger partial charge in [-0.25, -0.2) is 17.7 Å². The van der Waals surface area contributed by atoms with Crippen molar-refractivity contribution in [3.8, 4) is 11.3 Å². The van der Waals surface area contributed by atoms with Gasteiger partial charge in [0, 0.05) is 25.0 Å². The van der Waals surface area contributed by atoms with Gasteiger partial charge >= 0.3 is 0 Å². The van der Waals surface area contributed by atoms with Crippen LogP contribution in [0.25, 0.3) is 11.3 Å². The Morgan fingerprint density at radius 3 is 2.37 bits per heavy atom. The van der Waals surface area contributed by atoms with Crippen LogP contribution in [0.15, 0.2) is 63.9 Å². The fourth-order valence-electron chi connectivity index (χ4n) is 2.28. The molecule has 2 aromatic carbocycles. The lowest BCUT2D eigenvalue weighted by Gasteiger charge is -2.11. The molecule has 3 rings (SSSR count). The largest absolute Gasteiger partial charge is 0.253 e. The molecule has 0 spiro atoms.